The molecule has 2 rings (SSSR count). The average Bonchev–Trinajstić information content (AvgIpc) is 2.96. The minimum Gasteiger partial charge on any atom is -0.377 e. The molecule has 23 heavy (non-hydrogen) atoms. The Morgan fingerprint density at radius 1 is 1.35 bits per heavy atom. The molecule has 1 fully saturated rings. The maximum absolute atomic E-state index is 12.3. The van der Waals surface area contributed by atoms with Crippen LogP contribution >= 0.6 is 0 Å². The molecule has 0 radical (unpaired) electrons. The molecule has 0 saturated carbocycles. The zero-order valence-electron chi connectivity index (χ0n) is 13.5. The Morgan fingerprint density at radius 2 is 2.09 bits per heavy atom. The van der Waals surface area contributed by atoms with Gasteiger partial charge in [-0.3, -0.25) is 9.52 Å². The van der Waals surface area contributed by atoms with Gasteiger partial charge >= 0.3 is 0 Å². The van der Waals surface area contributed by atoms with E-state index in [1.165, 1.54) is 0 Å². The van der Waals surface area contributed by atoms with Crippen molar-refractivity contribution < 1.29 is 17.9 Å². The normalized spacial score (nSPS) is 18.1. The van der Waals surface area contributed by atoms with Crippen molar-refractivity contribution in [2.24, 2.45) is 5.92 Å². The summed E-state index contributed by atoms with van der Waals surface area (Å²) in [5.74, 6) is -0.0500. The molecule has 1 heterocycles. The molecule has 0 bridgehead atoms. The lowest BCUT2D eigenvalue weighted by molar-refractivity contribution is 0.0950. The van der Waals surface area contributed by atoms with Crippen LogP contribution in [0.3, 0.4) is 0 Å². The van der Waals surface area contributed by atoms with Gasteiger partial charge < -0.3 is 10.1 Å². The van der Waals surface area contributed by atoms with Crippen LogP contribution in [0.25, 0.3) is 0 Å². The molecule has 1 aromatic carbocycles. The first-order valence-electron chi connectivity index (χ1n) is 7.86. The van der Waals surface area contributed by atoms with E-state index in [9.17, 15) is 13.2 Å². The summed E-state index contributed by atoms with van der Waals surface area (Å²) in [5.41, 5.74) is 0.621. The molecule has 1 saturated heterocycles. The van der Waals surface area contributed by atoms with Crippen LogP contribution < -0.4 is 10.0 Å². The number of amides is 1. The third kappa shape index (κ3) is 5.51. The molecular formula is C16H24N2O4S. The Labute approximate surface area is 137 Å². The average molecular weight is 340 g/mol. The highest BCUT2D eigenvalue weighted by atomic mass is 32.2. The Kier molecular flexibility index (Phi) is 6.01. The Bertz CT molecular complexity index is 637. The Morgan fingerprint density at radius 3 is 2.74 bits per heavy atom. The number of benzene rings is 1. The van der Waals surface area contributed by atoms with Crippen molar-refractivity contribution in [2.75, 3.05) is 23.6 Å². The molecule has 1 amide bonds. The fourth-order valence-corrected chi connectivity index (χ4v) is 3.74. The van der Waals surface area contributed by atoms with Crippen LogP contribution in [0.15, 0.2) is 24.3 Å². The SMILES string of the molecule is CC(C)CNC(=O)c1ccccc1NS(=O)(=O)C[C@H]1CCCO1. The van der Waals surface area contributed by atoms with Gasteiger partial charge in [0, 0.05) is 13.2 Å². The van der Waals surface area contributed by atoms with Gasteiger partial charge in [-0.05, 0) is 30.9 Å². The zero-order valence-corrected chi connectivity index (χ0v) is 14.4. The van der Waals surface area contributed by atoms with Crippen molar-refractivity contribution in [3.05, 3.63) is 29.8 Å². The molecule has 1 aliphatic rings. The summed E-state index contributed by atoms with van der Waals surface area (Å²) in [7, 11) is -3.56. The van der Waals surface area contributed by atoms with Crippen LogP contribution in [0.1, 0.15) is 37.0 Å². The summed E-state index contributed by atoms with van der Waals surface area (Å²) in [6.07, 6.45) is 1.36. The quantitative estimate of drug-likeness (QED) is 0.795. The van der Waals surface area contributed by atoms with Gasteiger partial charge in [-0.1, -0.05) is 26.0 Å². The van der Waals surface area contributed by atoms with Crippen LogP contribution in [0.2, 0.25) is 0 Å². The number of rotatable bonds is 7. The van der Waals surface area contributed by atoms with Gasteiger partial charge in [0.15, 0.2) is 0 Å². The maximum Gasteiger partial charge on any atom is 0.253 e. The lowest BCUT2D eigenvalue weighted by Gasteiger charge is -2.15. The van der Waals surface area contributed by atoms with E-state index in [1.54, 1.807) is 24.3 Å². The van der Waals surface area contributed by atoms with E-state index in [-0.39, 0.29) is 17.8 Å². The first-order valence-corrected chi connectivity index (χ1v) is 9.52. The van der Waals surface area contributed by atoms with Crippen molar-refractivity contribution in [3.63, 3.8) is 0 Å². The van der Waals surface area contributed by atoms with Crippen molar-refractivity contribution in [3.8, 4) is 0 Å². The lowest BCUT2D eigenvalue weighted by Crippen LogP contribution is -2.30. The highest BCUT2D eigenvalue weighted by Crippen LogP contribution is 2.19. The Hall–Kier alpha value is -1.60. The number of carbonyl (C=O) groups excluding carboxylic acids is 1. The lowest BCUT2D eigenvalue weighted by atomic mass is 10.1. The summed E-state index contributed by atoms with van der Waals surface area (Å²) in [4.78, 5) is 12.2. The first kappa shape index (κ1) is 17.7. The maximum atomic E-state index is 12.3. The fraction of sp³-hybridized carbons (Fsp3) is 0.562. The summed E-state index contributed by atoms with van der Waals surface area (Å²) in [6.45, 7) is 5.14. The number of anilines is 1. The second kappa shape index (κ2) is 7.79. The van der Waals surface area contributed by atoms with Gasteiger partial charge in [-0.25, -0.2) is 8.42 Å². The fourth-order valence-electron chi connectivity index (χ4n) is 2.39. The molecule has 0 spiro atoms. The smallest absolute Gasteiger partial charge is 0.253 e. The monoisotopic (exact) mass is 340 g/mol. The van der Waals surface area contributed by atoms with Gasteiger partial charge in [-0.15, -0.1) is 0 Å². The summed E-state index contributed by atoms with van der Waals surface area (Å²) >= 11 is 0. The molecule has 6 nitrogen and oxygen atoms in total. The number of ether oxygens (including phenoxy) is 1. The summed E-state index contributed by atoms with van der Waals surface area (Å²) in [5, 5.41) is 2.80. The molecule has 0 aromatic heterocycles. The summed E-state index contributed by atoms with van der Waals surface area (Å²) in [6, 6.07) is 6.61. The van der Waals surface area contributed by atoms with Crippen LogP contribution in [0.4, 0.5) is 5.69 Å². The predicted octanol–water partition coefficient (Wildman–Crippen LogP) is 1.99. The first-order chi connectivity index (χ1) is 10.9. The van der Waals surface area contributed by atoms with Crippen LogP contribution in [0.5, 0.6) is 0 Å². The van der Waals surface area contributed by atoms with Crippen molar-refractivity contribution >= 4 is 21.6 Å². The van der Waals surface area contributed by atoms with E-state index in [4.69, 9.17) is 4.74 Å². The van der Waals surface area contributed by atoms with E-state index >= 15 is 0 Å². The second-order valence-electron chi connectivity index (χ2n) is 6.17. The van der Waals surface area contributed by atoms with Gasteiger partial charge in [0.05, 0.1) is 23.1 Å². The van der Waals surface area contributed by atoms with Crippen LogP contribution in [0, 0.1) is 5.92 Å². The zero-order chi connectivity index (χ0) is 16.9. The van der Waals surface area contributed by atoms with Crippen molar-refractivity contribution in [2.45, 2.75) is 32.8 Å². The number of carbonyl (C=O) groups is 1. The van der Waals surface area contributed by atoms with E-state index in [0.717, 1.165) is 12.8 Å². The molecule has 0 aliphatic carbocycles. The molecule has 1 atom stereocenters. The number of nitrogens with one attached hydrogen (secondary N) is 2. The van der Waals surface area contributed by atoms with E-state index in [2.05, 4.69) is 10.0 Å². The van der Waals surface area contributed by atoms with Crippen LogP contribution in [-0.4, -0.2) is 39.3 Å². The molecule has 1 aliphatic heterocycles. The largest absolute Gasteiger partial charge is 0.377 e. The number of sulfonamides is 1. The molecule has 7 heteroatoms. The molecule has 128 valence electrons. The third-order valence-corrected chi connectivity index (χ3v) is 4.88. The Balaban J connectivity index is 2.08. The topological polar surface area (TPSA) is 84.5 Å². The number of hydrogen-bond donors (Lipinski definition) is 2. The van der Waals surface area contributed by atoms with Crippen LogP contribution in [-0.2, 0) is 14.8 Å². The molecule has 2 N–H and O–H groups in total. The van der Waals surface area contributed by atoms with Gasteiger partial charge in [-0.2, -0.15) is 0 Å². The van der Waals surface area contributed by atoms with Gasteiger partial charge in [0.2, 0.25) is 10.0 Å². The summed E-state index contributed by atoms with van der Waals surface area (Å²) < 4.78 is 32.4. The van der Waals surface area contributed by atoms with Gasteiger partial charge in [0.1, 0.15) is 0 Å². The van der Waals surface area contributed by atoms with E-state index in [1.807, 2.05) is 13.8 Å². The third-order valence-electron chi connectivity index (χ3n) is 3.54. The van der Waals surface area contributed by atoms with Crippen molar-refractivity contribution in [1.82, 2.24) is 5.32 Å². The van der Waals surface area contributed by atoms with E-state index < -0.39 is 10.0 Å². The standard InChI is InChI=1S/C16H24N2O4S/c1-12(2)10-17-16(19)14-7-3-4-8-15(14)18-23(20,21)11-13-6-5-9-22-13/h3-4,7-8,12-13,18H,5-6,9-11H2,1-2H3,(H,17,19)/t13-/m1/s1. The number of hydrogen-bond acceptors (Lipinski definition) is 4. The number of para-hydroxylation sites is 1. The minimum atomic E-state index is -3.56. The highest BCUT2D eigenvalue weighted by Gasteiger charge is 2.24. The molecule has 0 unspecified atom stereocenters. The van der Waals surface area contributed by atoms with Gasteiger partial charge in [0.25, 0.3) is 5.91 Å². The minimum absolute atomic E-state index is 0.0883. The van der Waals surface area contributed by atoms with Crippen molar-refractivity contribution in [1.29, 1.82) is 0 Å². The second-order valence-corrected chi connectivity index (χ2v) is 7.93. The molecule has 1 aromatic rings. The predicted molar refractivity (Wildman–Crippen MR) is 90.0 cm³/mol. The molecular weight excluding hydrogens is 316 g/mol. The highest BCUT2D eigenvalue weighted by molar-refractivity contribution is 7.92. The van der Waals surface area contributed by atoms with E-state index in [0.29, 0.717) is 30.3 Å².